The molecule has 0 atom stereocenters. The van der Waals surface area contributed by atoms with E-state index < -0.39 is 15.8 Å². The molecule has 0 amide bonds. The van der Waals surface area contributed by atoms with E-state index in [1.54, 1.807) is 0 Å². The average Bonchev–Trinajstić information content (AvgIpc) is 2.40. The summed E-state index contributed by atoms with van der Waals surface area (Å²) < 4.78 is 39.5. The number of hydrogen-bond acceptors (Lipinski definition) is 3. The summed E-state index contributed by atoms with van der Waals surface area (Å²) in [7, 11) is -3.83. The number of nitrogens with one attached hydrogen (secondary N) is 1. The third-order valence-electron chi connectivity index (χ3n) is 2.61. The van der Waals surface area contributed by atoms with Crippen LogP contribution < -0.4 is 10.5 Å². The predicted octanol–water partition coefficient (Wildman–Crippen LogP) is 2.91. The summed E-state index contributed by atoms with van der Waals surface area (Å²) in [5.74, 6) is -0.457. The van der Waals surface area contributed by atoms with Gasteiger partial charge in [0.05, 0.1) is 9.92 Å². The number of thiocarbonyl (C=S) groups is 1. The van der Waals surface area contributed by atoms with Gasteiger partial charge >= 0.3 is 0 Å². The first-order valence-corrected chi connectivity index (χ1v) is 7.94. The first-order valence-electron chi connectivity index (χ1n) is 5.67. The first kappa shape index (κ1) is 15.7. The van der Waals surface area contributed by atoms with Gasteiger partial charge in [0.2, 0.25) is 0 Å². The quantitative estimate of drug-likeness (QED) is 0.836. The maximum atomic E-state index is 12.8. The van der Waals surface area contributed by atoms with E-state index in [-0.39, 0.29) is 20.6 Å². The minimum absolute atomic E-state index is 0.0446. The highest BCUT2D eigenvalue weighted by Gasteiger charge is 2.16. The van der Waals surface area contributed by atoms with Gasteiger partial charge in [0.25, 0.3) is 10.0 Å². The SMILES string of the molecule is NC(=S)c1ccc(S(=O)(=O)Nc2ccc(F)cc2)cc1Cl. The lowest BCUT2D eigenvalue weighted by Crippen LogP contribution is -2.14. The number of hydrogen-bond donors (Lipinski definition) is 2. The second kappa shape index (κ2) is 5.97. The summed E-state index contributed by atoms with van der Waals surface area (Å²) in [5, 5.41) is 0.143. The Hall–Kier alpha value is -1.70. The second-order valence-corrected chi connectivity index (χ2v) is 6.65. The van der Waals surface area contributed by atoms with Gasteiger partial charge < -0.3 is 5.73 Å². The summed E-state index contributed by atoms with van der Waals surface area (Å²) in [6.07, 6.45) is 0. The largest absolute Gasteiger partial charge is 0.389 e. The molecular weight excluding hydrogens is 335 g/mol. The van der Waals surface area contributed by atoms with Crippen LogP contribution in [0.1, 0.15) is 5.56 Å². The van der Waals surface area contributed by atoms with Gasteiger partial charge in [0.15, 0.2) is 0 Å². The van der Waals surface area contributed by atoms with Gasteiger partial charge in [-0.15, -0.1) is 0 Å². The molecule has 110 valence electrons. The van der Waals surface area contributed by atoms with Crippen LogP contribution in [0.25, 0.3) is 0 Å². The van der Waals surface area contributed by atoms with Gasteiger partial charge in [0.1, 0.15) is 10.8 Å². The first-order chi connectivity index (χ1) is 9.79. The van der Waals surface area contributed by atoms with Crippen LogP contribution in [0.4, 0.5) is 10.1 Å². The Morgan fingerprint density at radius 1 is 1.19 bits per heavy atom. The van der Waals surface area contributed by atoms with Gasteiger partial charge in [0, 0.05) is 11.3 Å². The number of rotatable bonds is 4. The van der Waals surface area contributed by atoms with E-state index in [2.05, 4.69) is 4.72 Å². The summed E-state index contributed by atoms with van der Waals surface area (Å²) in [6, 6.07) is 8.97. The van der Waals surface area contributed by atoms with Crippen LogP contribution >= 0.6 is 23.8 Å². The van der Waals surface area contributed by atoms with Crippen LogP contribution in [0, 0.1) is 5.82 Å². The Bertz CT molecular complexity index is 792. The van der Waals surface area contributed by atoms with Crippen LogP contribution in [0.15, 0.2) is 47.4 Å². The highest BCUT2D eigenvalue weighted by atomic mass is 35.5. The Morgan fingerprint density at radius 3 is 2.33 bits per heavy atom. The van der Waals surface area contributed by atoms with Crippen molar-refractivity contribution < 1.29 is 12.8 Å². The smallest absolute Gasteiger partial charge is 0.261 e. The van der Waals surface area contributed by atoms with Crippen molar-refractivity contribution in [2.45, 2.75) is 4.90 Å². The van der Waals surface area contributed by atoms with Gasteiger partial charge in [-0.05, 0) is 42.5 Å². The lowest BCUT2D eigenvalue weighted by Gasteiger charge is -2.09. The Morgan fingerprint density at radius 2 is 1.81 bits per heavy atom. The van der Waals surface area contributed by atoms with E-state index in [1.165, 1.54) is 30.3 Å². The summed E-state index contributed by atoms with van der Waals surface area (Å²) >= 11 is 10.7. The molecule has 0 aliphatic rings. The van der Waals surface area contributed by atoms with Gasteiger partial charge in [-0.2, -0.15) is 0 Å². The fourth-order valence-corrected chi connectivity index (χ4v) is 3.26. The molecule has 0 aromatic heterocycles. The van der Waals surface area contributed by atoms with Gasteiger partial charge in [-0.1, -0.05) is 23.8 Å². The standard InChI is InChI=1S/C13H10ClFN2O2S2/c14-12-7-10(5-6-11(12)13(16)20)21(18,19)17-9-3-1-8(15)2-4-9/h1-7,17H,(H2,16,20). The predicted molar refractivity (Wildman–Crippen MR) is 84.5 cm³/mol. The van der Waals surface area contributed by atoms with E-state index >= 15 is 0 Å². The highest BCUT2D eigenvalue weighted by molar-refractivity contribution is 7.92. The molecule has 3 N–H and O–H groups in total. The Labute approximate surface area is 131 Å². The van der Waals surface area contributed by atoms with Gasteiger partial charge in [-0.25, -0.2) is 12.8 Å². The molecule has 2 aromatic carbocycles. The minimum atomic E-state index is -3.83. The van der Waals surface area contributed by atoms with E-state index in [9.17, 15) is 12.8 Å². The van der Waals surface area contributed by atoms with Crippen molar-refractivity contribution in [3.63, 3.8) is 0 Å². The molecule has 0 radical (unpaired) electrons. The van der Waals surface area contributed by atoms with E-state index in [0.717, 1.165) is 12.1 Å². The second-order valence-electron chi connectivity index (χ2n) is 4.12. The van der Waals surface area contributed by atoms with Crippen molar-refractivity contribution in [1.29, 1.82) is 0 Å². The zero-order chi connectivity index (χ0) is 15.6. The number of anilines is 1. The highest BCUT2D eigenvalue weighted by Crippen LogP contribution is 2.23. The molecule has 0 saturated carbocycles. The average molecular weight is 345 g/mol. The van der Waals surface area contributed by atoms with E-state index in [1.807, 2.05) is 0 Å². The fraction of sp³-hybridized carbons (Fsp3) is 0. The number of nitrogens with two attached hydrogens (primary N) is 1. The molecule has 0 heterocycles. The Kier molecular flexibility index (Phi) is 4.46. The van der Waals surface area contributed by atoms with Crippen molar-refractivity contribution in [3.05, 3.63) is 58.9 Å². The molecule has 0 unspecified atom stereocenters. The third kappa shape index (κ3) is 3.69. The molecule has 21 heavy (non-hydrogen) atoms. The van der Waals surface area contributed by atoms with Crippen LogP contribution in [-0.2, 0) is 10.0 Å². The lowest BCUT2D eigenvalue weighted by molar-refractivity contribution is 0.601. The normalized spacial score (nSPS) is 11.1. The van der Waals surface area contributed by atoms with Crippen LogP contribution in [-0.4, -0.2) is 13.4 Å². The molecule has 0 fully saturated rings. The van der Waals surface area contributed by atoms with Crippen LogP contribution in [0.3, 0.4) is 0 Å². The van der Waals surface area contributed by atoms with Crippen LogP contribution in [0.5, 0.6) is 0 Å². The monoisotopic (exact) mass is 344 g/mol. The maximum absolute atomic E-state index is 12.8. The maximum Gasteiger partial charge on any atom is 0.261 e. The number of benzene rings is 2. The van der Waals surface area contributed by atoms with Crippen molar-refractivity contribution in [1.82, 2.24) is 0 Å². The molecule has 8 heteroatoms. The number of sulfonamides is 1. The molecule has 0 bridgehead atoms. The third-order valence-corrected chi connectivity index (χ3v) is 4.52. The summed E-state index contributed by atoms with van der Waals surface area (Å²) in [6.45, 7) is 0. The Balaban J connectivity index is 2.33. The van der Waals surface area contributed by atoms with Crippen molar-refractivity contribution in [3.8, 4) is 0 Å². The van der Waals surface area contributed by atoms with E-state index in [0.29, 0.717) is 5.56 Å². The number of halogens is 2. The van der Waals surface area contributed by atoms with Crippen molar-refractivity contribution in [2.75, 3.05) is 4.72 Å². The lowest BCUT2D eigenvalue weighted by atomic mass is 10.2. The molecule has 0 aliphatic heterocycles. The fourth-order valence-electron chi connectivity index (χ4n) is 1.59. The molecule has 0 spiro atoms. The summed E-state index contributed by atoms with van der Waals surface area (Å²) in [4.78, 5) is 0.0345. The molecular formula is C13H10ClFN2O2S2. The van der Waals surface area contributed by atoms with Crippen molar-refractivity contribution in [2.24, 2.45) is 5.73 Å². The minimum Gasteiger partial charge on any atom is -0.389 e. The zero-order valence-corrected chi connectivity index (χ0v) is 12.9. The zero-order valence-electron chi connectivity index (χ0n) is 10.5. The van der Waals surface area contributed by atoms with Crippen LogP contribution in [0.2, 0.25) is 5.02 Å². The summed E-state index contributed by atoms with van der Waals surface area (Å²) in [5.41, 5.74) is 6.10. The molecule has 0 aliphatic carbocycles. The molecule has 2 aromatic rings. The van der Waals surface area contributed by atoms with E-state index in [4.69, 9.17) is 29.6 Å². The molecule has 2 rings (SSSR count). The van der Waals surface area contributed by atoms with Gasteiger partial charge in [-0.3, -0.25) is 4.72 Å². The van der Waals surface area contributed by atoms with Crippen molar-refractivity contribution >= 4 is 44.5 Å². The molecule has 4 nitrogen and oxygen atoms in total. The molecule has 0 saturated heterocycles. The topological polar surface area (TPSA) is 72.2 Å².